The molecule has 0 saturated carbocycles. The number of nitrogens with zero attached hydrogens (tertiary/aromatic N) is 6. The number of nitrogens with one attached hydrogen (secondary N) is 2. The highest BCUT2D eigenvalue weighted by molar-refractivity contribution is 7.89. The Balaban J connectivity index is 1.29. The summed E-state index contributed by atoms with van der Waals surface area (Å²) in [5.74, 6) is -2.06. The van der Waals surface area contributed by atoms with Crippen LogP contribution in [0.4, 0.5) is 11.5 Å². The van der Waals surface area contributed by atoms with E-state index in [0.29, 0.717) is 16.5 Å². The maximum Gasteiger partial charge on any atom is 0.314 e. The van der Waals surface area contributed by atoms with Crippen molar-refractivity contribution in [1.29, 1.82) is 5.26 Å². The lowest BCUT2D eigenvalue weighted by atomic mass is 9.94. The van der Waals surface area contributed by atoms with Gasteiger partial charge >= 0.3 is 11.8 Å². The Kier molecular flexibility index (Phi) is 6.25. The van der Waals surface area contributed by atoms with Gasteiger partial charge in [0.05, 0.1) is 25.4 Å². The van der Waals surface area contributed by atoms with Gasteiger partial charge in [-0.1, -0.05) is 0 Å². The van der Waals surface area contributed by atoms with E-state index in [-0.39, 0.29) is 23.8 Å². The highest BCUT2D eigenvalue weighted by Crippen LogP contribution is 2.31. The number of benzene rings is 1. The predicted octanol–water partition coefficient (Wildman–Crippen LogP) is 0.942. The minimum atomic E-state index is -3.90. The first-order valence-corrected chi connectivity index (χ1v) is 13.1. The van der Waals surface area contributed by atoms with Crippen molar-refractivity contribution in [2.75, 3.05) is 24.1 Å². The quantitative estimate of drug-likeness (QED) is 0.242. The molecule has 198 valence electrons. The summed E-state index contributed by atoms with van der Waals surface area (Å²) in [7, 11) is -2.32. The average molecular weight is 546 g/mol. The third kappa shape index (κ3) is 4.76. The summed E-state index contributed by atoms with van der Waals surface area (Å²) in [6.07, 6.45) is 7.45. The van der Waals surface area contributed by atoms with E-state index >= 15 is 0 Å². The molecule has 0 atom stereocenters. The van der Waals surface area contributed by atoms with Gasteiger partial charge in [-0.15, -0.1) is 0 Å². The van der Waals surface area contributed by atoms with Gasteiger partial charge in [0.15, 0.2) is 5.54 Å². The van der Waals surface area contributed by atoms with Crippen molar-refractivity contribution in [3.05, 3.63) is 60.8 Å². The Bertz CT molecular complexity index is 1790. The first-order valence-electron chi connectivity index (χ1n) is 11.7. The number of aryl methyl sites for hydroxylation is 2. The van der Waals surface area contributed by atoms with Crippen LogP contribution in [0.5, 0.6) is 0 Å². The number of nitrogen functional groups attached to an aromatic ring is 1. The monoisotopic (exact) mass is 545 g/mol. The van der Waals surface area contributed by atoms with Crippen LogP contribution in [0.2, 0.25) is 0 Å². The summed E-state index contributed by atoms with van der Waals surface area (Å²) in [5, 5.41) is 19.6. The second-order valence-corrected chi connectivity index (χ2v) is 11.2. The zero-order chi connectivity index (χ0) is 27.9. The highest BCUT2D eigenvalue weighted by atomic mass is 32.2. The van der Waals surface area contributed by atoms with Crippen molar-refractivity contribution in [2.45, 2.75) is 17.4 Å². The van der Waals surface area contributed by atoms with Crippen LogP contribution in [0.15, 0.2) is 60.1 Å². The lowest BCUT2D eigenvalue weighted by Gasteiger charge is -2.44. The fourth-order valence-corrected chi connectivity index (χ4v) is 5.85. The van der Waals surface area contributed by atoms with Crippen molar-refractivity contribution in [3.8, 4) is 17.2 Å². The van der Waals surface area contributed by atoms with Crippen LogP contribution in [0.3, 0.4) is 0 Å². The minimum absolute atomic E-state index is 0.0366. The van der Waals surface area contributed by atoms with E-state index in [0.717, 1.165) is 21.0 Å². The molecule has 0 radical (unpaired) electrons. The molecule has 0 unspecified atom stereocenters. The molecule has 0 aliphatic carbocycles. The minimum Gasteiger partial charge on any atom is -0.398 e. The highest BCUT2D eigenvalue weighted by Gasteiger charge is 2.51. The molecule has 0 bridgehead atoms. The van der Waals surface area contributed by atoms with Gasteiger partial charge in [0.1, 0.15) is 10.7 Å². The first-order chi connectivity index (χ1) is 18.5. The molecule has 1 fully saturated rings. The van der Waals surface area contributed by atoms with Gasteiger partial charge in [-0.25, -0.2) is 13.4 Å². The van der Waals surface area contributed by atoms with Crippen LogP contribution in [-0.4, -0.2) is 62.9 Å². The maximum absolute atomic E-state index is 12.7. The zero-order valence-corrected chi connectivity index (χ0v) is 21.7. The van der Waals surface area contributed by atoms with Crippen LogP contribution >= 0.6 is 0 Å². The fourth-order valence-electron chi connectivity index (χ4n) is 4.31. The van der Waals surface area contributed by atoms with Gasteiger partial charge in [0.25, 0.3) is 0 Å². The molecule has 0 spiro atoms. The van der Waals surface area contributed by atoms with E-state index in [9.17, 15) is 23.3 Å². The molecule has 14 heteroatoms. The Hall–Kier alpha value is -4.87. The van der Waals surface area contributed by atoms with Crippen LogP contribution in [0.25, 0.3) is 21.9 Å². The van der Waals surface area contributed by atoms with Crippen LogP contribution < -0.4 is 16.4 Å². The number of fused-ring (bicyclic) bond motifs is 1. The molecule has 1 aromatic carbocycles. The van der Waals surface area contributed by atoms with Gasteiger partial charge < -0.3 is 16.4 Å². The Morgan fingerprint density at radius 1 is 1.15 bits per heavy atom. The molecule has 1 saturated heterocycles. The van der Waals surface area contributed by atoms with E-state index < -0.39 is 27.4 Å². The number of nitriles is 1. The molecule has 4 heterocycles. The lowest BCUT2D eigenvalue weighted by molar-refractivity contribution is -0.137. The topological polar surface area (TPSA) is 189 Å². The van der Waals surface area contributed by atoms with Gasteiger partial charge in [-0.3, -0.25) is 19.3 Å². The Morgan fingerprint density at radius 3 is 2.59 bits per heavy atom. The van der Waals surface area contributed by atoms with E-state index in [2.05, 4.69) is 25.7 Å². The van der Waals surface area contributed by atoms with Crippen molar-refractivity contribution >= 4 is 44.1 Å². The number of anilines is 2. The summed E-state index contributed by atoms with van der Waals surface area (Å²) in [5.41, 5.74) is 7.91. The van der Waals surface area contributed by atoms with E-state index in [1.165, 1.54) is 23.3 Å². The lowest BCUT2D eigenvalue weighted by Crippen LogP contribution is -2.71. The second kappa shape index (κ2) is 9.46. The van der Waals surface area contributed by atoms with Crippen molar-refractivity contribution in [3.63, 3.8) is 0 Å². The van der Waals surface area contributed by atoms with Crippen molar-refractivity contribution in [2.24, 2.45) is 7.05 Å². The molecular weight excluding hydrogens is 522 g/mol. The number of carbonyl (C=O) groups is 2. The number of nitrogens with two attached hydrogens (primary N) is 1. The number of carbonyl (C=O) groups excluding carboxylic acids is 2. The average Bonchev–Trinajstić information content (AvgIpc) is 3.33. The Labute approximate surface area is 223 Å². The number of hydrogen-bond acceptors (Lipinski definition) is 9. The standard InChI is InChI=1S/C25H23N9O4S/c1-15-3-4-28-9-19(15)16-5-17-7-22(29-10-20(17)21(27)6-16)31-23(35)24(36)32-25(12-26)13-34(14-25)39(37,38)18-8-30-33(2)11-18/h3-11H,13-14,27H2,1-2H3,(H,32,36)(H,29,31,35). The number of sulfonamides is 1. The van der Waals surface area contributed by atoms with Gasteiger partial charge in [-0.2, -0.15) is 14.7 Å². The van der Waals surface area contributed by atoms with E-state index in [1.54, 1.807) is 25.5 Å². The van der Waals surface area contributed by atoms with Crippen LogP contribution in [0.1, 0.15) is 5.56 Å². The Morgan fingerprint density at radius 2 is 1.92 bits per heavy atom. The number of hydrogen-bond donors (Lipinski definition) is 3. The van der Waals surface area contributed by atoms with Crippen LogP contribution in [0, 0.1) is 18.3 Å². The molecule has 4 aromatic rings. The smallest absolute Gasteiger partial charge is 0.314 e. The molecular formula is C25H23N9O4S. The largest absolute Gasteiger partial charge is 0.398 e. The summed E-state index contributed by atoms with van der Waals surface area (Å²) < 4.78 is 27.8. The third-order valence-corrected chi connectivity index (χ3v) is 8.19. The molecule has 13 nitrogen and oxygen atoms in total. The molecule has 4 N–H and O–H groups in total. The maximum atomic E-state index is 12.7. The summed E-state index contributed by atoms with van der Waals surface area (Å²) in [4.78, 5) is 33.6. The SMILES string of the molecule is Cc1ccncc1-c1cc(N)c2cnc(NC(=O)C(=O)NC3(C#N)CN(S(=O)(=O)c4cnn(C)c4)C3)cc2c1. The summed E-state index contributed by atoms with van der Waals surface area (Å²) in [6, 6.07) is 9.07. The number of amides is 2. The molecule has 2 amide bonds. The third-order valence-electron chi connectivity index (χ3n) is 6.45. The van der Waals surface area contributed by atoms with Gasteiger partial charge in [0.2, 0.25) is 10.0 Å². The molecule has 1 aliphatic rings. The predicted molar refractivity (Wildman–Crippen MR) is 141 cm³/mol. The normalized spacial score (nSPS) is 14.8. The zero-order valence-electron chi connectivity index (χ0n) is 20.9. The summed E-state index contributed by atoms with van der Waals surface area (Å²) >= 11 is 0. The second-order valence-electron chi connectivity index (χ2n) is 9.27. The molecule has 1 aliphatic heterocycles. The molecule has 3 aromatic heterocycles. The molecule has 5 rings (SSSR count). The van der Waals surface area contributed by atoms with Gasteiger partial charge in [0, 0.05) is 48.5 Å². The summed E-state index contributed by atoms with van der Waals surface area (Å²) in [6.45, 7) is 1.32. The van der Waals surface area contributed by atoms with Gasteiger partial charge in [-0.05, 0) is 47.7 Å². The fraction of sp³-hybridized carbons (Fsp3) is 0.200. The van der Waals surface area contributed by atoms with Crippen LogP contribution in [-0.2, 0) is 26.7 Å². The number of pyridine rings is 2. The van der Waals surface area contributed by atoms with Crippen molar-refractivity contribution < 1.29 is 18.0 Å². The van der Waals surface area contributed by atoms with E-state index in [4.69, 9.17) is 5.73 Å². The number of aromatic nitrogens is 4. The number of rotatable bonds is 5. The first kappa shape index (κ1) is 25.8. The molecule has 39 heavy (non-hydrogen) atoms. The van der Waals surface area contributed by atoms with E-state index in [1.807, 2.05) is 31.2 Å². The van der Waals surface area contributed by atoms with Crippen molar-refractivity contribution in [1.82, 2.24) is 29.4 Å².